The van der Waals surface area contributed by atoms with Crippen molar-refractivity contribution in [1.82, 2.24) is 24.7 Å². The summed E-state index contributed by atoms with van der Waals surface area (Å²) in [5, 5.41) is 13.4. The monoisotopic (exact) mass is 390 g/mol. The van der Waals surface area contributed by atoms with E-state index in [2.05, 4.69) is 20.2 Å². The van der Waals surface area contributed by atoms with Crippen LogP contribution in [-0.4, -0.2) is 56.8 Å². The third-order valence-corrected chi connectivity index (χ3v) is 4.82. The number of aromatic nitrogens is 4. The lowest BCUT2D eigenvalue weighted by Gasteiger charge is -2.35. The van der Waals surface area contributed by atoms with Gasteiger partial charge >= 0.3 is 0 Å². The van der Waals surface area contributed by atoms with Crippen molar-refractivity contribution in [2.24, 2.45) is 0 Å². The molecule has 1 aliphatic rings. The molecule has 0 unspecified atom stereocenters. The van der Waals surface area contributed by atoms with E-state index in [-0.39, 0.29) is 5.91 Å². The van der Waals surface area contributed by atoms with Crippen LogP contribution in [0.15, 0.2) is 36.7 Å². The molecule has 26 heavy (non-hydrogen) atoms. The number of piperazine rings is 1. The van der Waals surface area contributed by atoms with E-state index in [1.807, 2.05) is 17.0 Å². The molecule has 3 aromatic rings. The van der Waals surface area contributed by atoms with E-state index >= 15 is 0 Å². The van der Waals surface area contributed by atoms with Gasteiger partial charge in [-0.2, -0.15) is 4.52 Å². The smallest absolute Gasteiger partial charge is 0.227 e. The van der Waals surface area contributed by atoms with Crippen LogP contribution in [0.2, 0.25) is 10.0 Å². The molecule has 1 aliphatic heterocycles. The molecule has 2 aromatic heterocycles. The van der Waals surface area contributed by atoms with Crippen LogP contribution in [0.3, 0.4) is 0 Å². The summed E-state index contributed by atoms with van der Waals surface area (Å²) in [5.41, 5.74) is 1.54. The lowest BCUT2D eigenvalue weighted by Crippen LogP contribution is -2.49. The van der Waals surface area contributed by atoms with Crippen LogP contribution in [0.25, 0.3) is 5.65 Å². The summed E-state index contributed by atoms with van der Waals surface area (Å²) < 4.78 is 1.65. The largest absolute Gasteiger partial charge is 0.352 e. The fourth-order valence-corrected chi connectivity index (χ4v) is 3.64. The number of benzene rings is 1. The predicted molar refractivity (Wildman–Crippen MR) is 99.7 cm³/mol. The summed E-state index contributed by atoms with van der Waals surface area (Å²) >= 11 is 12.0. The molecule has 134 valence electrons. The molecule has 1 amide bonds. The number of hydrogen-bond donors (Lipinski definition) is 0. The van der Waals surface area contributed by atoms with Crippen LogP contribution in [0.1, 0.15) is 5.56 Å². The molecule has 1 aromatic carbocycles. The number of halogens is 2. The van der Waals surface area contributed by atoms with Crippen molar-refractivity contribution in [2.45, 2.75) is 6.42 Å². The molecule has 9 heteroatoms. The molecule has 1 fully saturated rings. The van der Waals surface area contributed by atoms with Crippen molar-refractivity contribution in [3.05, 3.63) is 52.3 Å². The fourth-order valence-electron chi connectivity index (χ4n) is 3.07. The summed E-state index contributed by atoms with van der Waals surface area (Å²) in [7, 11) is 0. The van der Waals surface area contributed by atoms with E-state index in [1.54, 1.807) is 29.0 Å². The molecule has 0 bridgehead atoms. The molecule has 4 rings (SSSR count). The van der Waals surface area contributed by atoms with Crippen LogP contribution < -0.4 is 4.90 Å². The highest BCUT2D eigenvalue weighted by molar-refractivity contribution is 6.34. The van der Waals surface area contributed by atoms with Gasteiger partial charge in [0.05, 0.1) is 6.42 Å². The van der Waals surface area contributed by atoms with Crippen molar-refractivity contribution in [1.29, 1.82) is 0 Å². The van der Waals surface area contributed by atoms with Gasteiger partial charge in [0.2, 0.25) is 5.91 Å². The van der Waals surface area contributed by atoms with E-state index < -0.39 is 0 Å². The van der Waals surface area contributed by atoms with Gasteiger partial charge in [-0.3, -0.25) is 4.79 Å². The summed E-state index contributed by atoms with van der Waals surface area (Å²) in [6, 6.07) is 9.03. The SMILES string of the molecule is O=C(Cc1cc(Cl)cc(Cl)c1)N1CCN(c2ccc3nncn3n2)CC1. The summed E-state index contributed by atoms with van der Waals surface area (Å²) in [5.74, 6) is 0.927. The zero-order chi connectivity index (χ0) is 18.1. The topological polar surface area (TPSA) is 66.6 Å². The minimum absolute atomic E-state index is 0.0743. The molecule has 3 heterocycles. The van der Waals surface area contributed by atoms with E-state index in [0.29, 0.717) is 35.2 Å². The average molecular weight is 391 g/mol. The molecule has 0 saturated carbocycles. The molecule has 7 nitrogen and oxygen atoms in total. The Bertz CT molecular complexity index is 931. The van der Waals surface area contributed by atoms with Crippen LogP contribution in [0, 0.1) is 0 Å². The minimum Gasteiger partial charge on any atom is -0.352 e. The van der Waals surface area contributed by atoms with E-state index in [9.17, 15) is 4.79 Å². The maximum Gasteiger partial charge on any atom is 0.227 e. The molecule has 0 spiro atoms. The van der Waals surface area contributed by atoms with E-state index in [4.69, 9.17) is 23.2 Å². The second kappa shape index (κ2) is 7.09. The second-order valence-corrected chi connectivity index (χ2v) is 7.02. The average Bonchev–Trinajstić information content (AvgIpc) is 3.08. The van der Waals surface area contributed by atoms with Crippen molar-refractivity contribution in [3.8, 4) is 0 Å². The van der Waals surface area contributed by atoms with Gasteiger partial charge in [-0.15, -0.1) is 15.3 Å². The highest BCUT2D eigenvalue weighted by Gasteiger charge is 2.22. The number of anilines is 1. The number of hydrogen-bond acceptors (Lipinski definition) is 5. The zero-order valence-electron chi connectivity index (χ0n) is 13.8. The minimum atomic E-state index is 0.0743. The lowest BCUT2D eigenvalue weighted by molar-refractivity contribution is -0.130. The first kappa shape index (κ1) is 17.1. The number of amides is 1. The maximum absolute atomic E-state index is 12.6. The first-order valence-corrected chi connectivity index (χ1v) is 8.99. The Labute approximate surface area is 160 Å². The van der Waals surface area contributed by atoms with Gasteiger partial charge in [0.1, 0.15) is 12.1 Å². The maximum atomic E-state index is 12.6. The first-order chi connectivity index (χ1) is 12.6. The number of carbonyl (C=O) groups is 1. The number of nitrogens with zero attached hydrogens (tertiary/aromatic N) is 6. The molecule has 1 saturated heterocycles. The molecule has 0 radical (unpaired) electrons. The standard InChI is InChI=1S/C17H16Cl2N6O/c18-13-7-12(8-14(19)10-13)9-17(26)24-5-3-23(4-6-24)16-2-1-15-21-20-11-25(15)22-16/h1-2,7-8,10-11H,3-6,9H2. The van der Waals surface area contributed by atoms with Crippen LogP contribution in [-0.2, 0) is 11.2 Å². The molecular formula is C17H16Cl2N6O. The van der Waals surface area contributed by atoms with Crippen LogP contribution in [0.5, 0.6) is 0 Å². The Morgan fingerprint density at radius 1 is 1.04 bits per heavy atom. The summed E-state index contributed by atoms with van der Waals surface area (Å²) in [6.07, 6.45) is 1.87. The van der Waals surface area contributed by atoms with Crippen molar-refractivity contribution >= 4 is 40.6 Å². The van der Waals surface area contributed by atoms with Gasteiger partial charge in [-0.1, -0.05) is 23.2 Å². The Kier molecular flexibility index (Phi) is 4.65. The van der Waals surface area contributed by atoms with Gasteiger partial charge in [0.15, 0.2) is 5.65 Å². The highest BCUT2D eigenvalue weighted by Crippen LogP contribution is 2.20. The van der Waals surface area contributed by atoms with Crippen molar-refractivity contribution in [3.63, 3.8) is 0 Å². The normalized spacial score (nSPS) is 14.8. The second-order valence-electron chi connectivity index (χ2n) is 6.15. The number of fused-ring (bicyclic) bond motifs is 1. The summed E-state index contributed by atoms with van der Waals surface area (Å²) in [6.45, 7) is 2.75. The lowest BCUT2D eigenvalue weighted by atomic mass is 10.1. The third-order valence-electron chi connectivity index (χ3n) is 4.38. The molecule has 0 aliphatic carbocycles. The van der Waals surface area contributed by atoms with Gasteiger partial charge < -0.3 is 9.80 Å². The van der Waals surface area contributed by atoms with Crippen molar-refractivity contribution in [2.75, 3.05) is 31.1 Å². The third kappa shape index (κ3) is 3.59. The van der Waals surface area contributed by atoms with Crippen molar-refractivity contribution < 1.29 is 4.79 Å². The van der Waals surface area contributed by atoms with E-state index in [0.717, 1.165) is 24.5 Å². The number of carbonyl (C=O) groups excluding carboxylic acids is 1. The summed E-state index contributed by atoms with van der Waals surface area (Å²) in [4.78, 5) is 16.6. The Morgan fingerprint density at radius 3 is 2.50 bits per heavy atom. The van der Waals surface area contributed by atoms with Gasteiger partial charge in [0, 0.05) is 36.2 Å². The zero-order valence-corrected chi connectivity index (χ0v) is 15.4. The quantitative estimate of drug-likeness (QED) is 0.686. The number of rotatable bonds is 3. The molecule has 0 atom stereocenters. The van der Waals surface area contributed by atoms with Gasteiger partial charge in [-0.05, 0) is 35.9 Å². The van der Waals surface area contributed by atoms with Gasteiger partial charge in [-0.25, -0.2) is 0 Å². The van der Waals surface area contributed by atoms with Gasteiger partial charge in [0.25, 0.3) is 0 Å². The molecule has 0 N–H and O–H groups in total. The predicted octanol–water partition coefficient (Wildman–Crippen LogP) is 2.32. The highest BCUT2D eigenvalue weighted by atomic mass is 35.5. The van der Waals surface area contributed by atoms with E-state index in [1.165, 1.54) is 0 Å². The van der Waals surface area contributed by atoms with Crippen LogP contribution >= 0.6 is 23.2 Å². The first-order valence-electron chi connectivity index (χ1n) is 8.23. The Balaban J connectivity index is 1.38. The Morgan fingerprint density at radius 2 is 1.77 bits per heavy atom. The van der Waals surface area contributed by atoms with Crippen LogP contribution in [0.4, 0.5) is 5.82 Å². The molecular weight excluding hydrogens is 375 g/mol. The fraction of sp³-hybridized carbons (Fsp3) is 0.294. The Hall–Kier alpha value is -2.38.